The summed E-state index contributed by atoms with van der Waals surface area (Å²) in [5.41, 5.74) is 0.783. The predicted octanol–water partition coefficient (Wildman–Crippen LogP) is 5.42. The van der Waals surface area contributed by atoms with Gasteiger partial charge in [-0.1, -0.05) is 0 Å². The first-order valence-electron chi connectivity index (χ1n) is 8.70. The van der Waals surface area contributed by atoms with Crippen LogP contribution in [0.15, 0.2) is 33.3 Å². The van der Waals surface area contributed by atoms with E-state index in [9.17, 15) is 23.1 Å². The van der Waals surface area contributed by atoms with Gasteiger partial charge in [-0.05, 0) is 50.9 Å². The predicted molar refractivity (Wildman–Crippen MR) is 113 cm³/mol. The lowest BCUT2D eigenvalue weighted by molar-refractivity contribution is -0.198. The molecule has 1 heterocycles. The molecule has 170 valence electrons. The van der Waals surface area contributed by atoms with Crippen LogP contribution in [0, 0.1) is 6.92 Å². The Morgan fingerprint density at radius 3 is 2.48 bits per heavy atom. The van der Waals surface area contributed by atoms with Gasteiger partial charge in [-0.3, -0.25) is 9.88 Å². The van der Waals surface area contributed by atoms with Gasteiger partial charge in [0, 0.05) is 17.8 Å². The van der Waals surface area contributed by atoms with Gasteiger partial charge < -0.3 is 19.3 Å². The van der Waals surface area contributed by atoms with E-state index in [2.05, 4.69) is 36.8 Å². The van der Waals surface area contributed by atoms with E-state index in [1.165, 1.54) is 32.5 Å². The minimum absolute atomic E-state index is 0.123. The third-order valence-electron chi connectivity index (χ3n) is 4.24. The number of carbonyl (C=O) groups is 1. The smallest absolute Gasteiger partial charge is 0.427 e. The Morgan fingerprint density at radius 2 is 1.94 bits per heavy atom. The number of halogens is 5. The summed E-state index contributed by atoms with van der Waals surface area (Å²) in [4.78, 5) is 16.4. The first-order valence-corrected chi connectivity index (χ1v) is 10.3. The number of nitrogens with zero attached hydrogens (tertiary/aromatic N) is 2. The second-order valence-electron chi connectivity index (χ2n) is 6.32. The third-order valence-corrected chi connectivity index (χ3v) is 5.74. The summed E-state index contributed by atoms with van der Waals surface area (Å²) in [5, 5.41) is 9.54. The van der Waals surface area contributed by atoms with E-state index in [0.717, 1.165) is 0 Å². The zero-order valence-corrected chi connectivity index (χ0v) is 19.8. The van der Waals surface area contributed by atoms with Crippen LogP contribution in [-0.4, -0.2) is 54.1 Å². The number of amides is 1. The third kappa shape index (κ3) is 6.39. The minimum Gasteiger partial charge on any atom is -0.497 e. The lowest BCUT2D eigenvalue weighted by Gasteiger charge is -2.28. The lowest BCUT2D eigenvalue weighted by atomic mass is 10.1. The zero-order chi connectivity index (χ0) is 23.3. The van der Waals surface area contributed by atoms with Crippen molar-refractivity contribution in [1.82, 2.24) is 9.88 Å². The molecule has 1 aromatic heterocycles. The van der Waals surface area contributed by atoms with E-state index < -0.39 is 24.9 Å². The van der Waals surface area contributed by atoms with Crippen LogP contribution < -0.4 is 14.2 Å². The van der Waals surface area contributed by atoms with Crippen LogP contribution in [0.3, 0.4) is 0 Å². The maximum Gasteiger partial charge on any atom is 0.427 e. The maximum absolute atomic E-state index is 13.7. The van der Waals surface area contributed by atoms with Crippen LogP contribution in [0.1, 0.15) is 11.3 Å². The Balaban J connectivity index is 2.34. The molecular weight excluding hydrogens is 553 g/mol. The average molecular weight is 572 g/mol. The molecule has 12 heteroatoms. The van der Waals surface area contributed by atoms with Crippen molar-refractivity contribution >= 4 is 38.0 Å². The van der Waals surface area contributed by atoms with Gasteiger partial charge >= 0.3 is 12.3 Å². The molecule has 0 aliphatic carbocycles. The highest BCUT2D eigenvalue weighted by atomic mass is 79.9. The Morgan fingerprint density at radius 1 is 1.26 bits per heavy atom. The van der Waals surface area contributed by atoms with Crippen molar-refractivity contribution < 1.29 is 37.3 Å². The molecule has 2 rings (SSSR count). The van der Waals surface area contributed by atoms with E-state index in [1.807, 2.05) is 0 Å². The molecule has 1 aromatic carbocycles. The highest BCUT2D eigenvalue weighted by molar-refractivity contribution is 9.11. The van der Waals surface area contributed by atoms with E-state index in [4.69, 9.17) is 14.2 Å². The minimum atomic E-state index is -4.84. The van der Waals surface area contributed by atoms with Crippen molar-refractivity contribution in [2.24, 2.45) is 0 Å². The molecule has 0 radical (unpaired) electrons. The monoisotopic (exact) mass is 570 g/mol. The zero-order valence-electron chi connectivity index (χ0n) is 16.7. The molecule has 2 aromatic rings. The molecule has 31 heavy (non-hydrogen) atoms. The Hall–Kier alpha value is -2.21. The van der Waals surface area contributed by atoms with Gasteiger partial charge in [0.1, 0.15) is 11.5 Å². The van der Waals surface area contributed by atoms with Crippen LogP contribution in [0.4, 0.5) is 18.0 Å². The molecule has 7 nitrogen and oxygen atoms in total. The SMILES string of the molecule is COc1ccc(CN(CC(Oc2c(Br)cnc(C)c2Br)C(F)(F)F)C(=O)O)c(OC)c1. The summed E-state index contributed by atoms with van der Waals surface area (Å²) in [6.07, 6.45) is -7.50. The summed E-state index contributed by atoms with van der Waals surface area (Å²) in [6.45, 7) is 0.274. The van der Waals surface area contributed by atoms with Gasteiger partial charge in [0.25, 0.3) is 0 Å². The Labute approximate surface area is 193 Å². The van der Waals surface area contributed by atoms with Crippen molar-refractivity contribution in [1.29, 1.82) is 0 Å². The second-order valence-corrected chi connectivity index (χ2v) is 7.97. The fourth-order valence-electron chi connectivity index (χ4n) is 2.59. The Kier molecular flexibility index (Phi) is 8.41. The molecule has 0 spiro atoms. The summed E-state index contributed by atoms with van der Waals surface area (Å²) < 4.78 is 57.2. The van der Waals surface area contributed by atoms with Crippen LogP contribution >= 0.6 is 31.9 Å². The summed E-state index contributed by atoms with van der Waals surface area (Å²) in [6, 6.07) is 4.60. The molecule has 1 amide bonds. The number of carboxylic acid groups (broad SMARTS) is 1. The molecule has 0 fully saturated rings. The fourth-order valence-corrected chi connectivity index (χ4v) is 3.66. The van der Waals surface area contributed by atoms with E-state index in [-0.39, 0.29) is 27.0 Å². The number of benzene rings is 1. The molecule has 1 N–H and O–H groups in total. The van der Waals surface area contributed by atoms with E-state index in [0.29, 0.717) is 21.9 Å². The van der Waals surface area contributed by atoms with Crippen molar-refractivity contribution in [2.45, 2.75) is 25.7 Å². The molecule has 0 aliphatic heterocycles. The average Bonchev–Trinajstić information content (AvgIpc) is 2.71. The van der Waals surface area contributed by atoms with E-state index >= 15 is 0 Å². The number of aryl methyl sites for hydroxylation is 1. The van der Waals surface area contributed by atoms with Crippen molar-refractivity contribution in [3.8, 4) is 17.2 Å². The van der Waals surface area contributed by atoms with Gasteiger partial charge in [-0.2, -0.15) is 13.2 Å². The molecule has 1 unspecified atom stereocenters. The summed E-state index contributed by atoms with van der Waals surface area (Å²) >= 11 is 6.28. The van der Waals surface area contributed by atoms with Crippen LogP contribution in [0.25, 0.3) is 0 Å². The number of hydrogen-bond donors (Lipinski definition) is 1. The van der Waals surface area contributed by atoms with Crippen LogP contribution in [0.5, 0.6) is 17.2 Å². The maximum atomic E-state index is 13.7. The normalized spacial score (nSPS) is 12.3. The highest BCUT2D eigenvalue weighted by Gasteiger charge is 2.44. The number of alkyl halides is 3. The number of aromatic nitrogens is 1. The molecule has 0 saturated heterocycles. The fraction of sp³-hybridized carbons (Fsp3) is 0.368. The molecule has 1 atom stereocenters. The molecule has 0 aliphatic rings. The summed E-state index contributed by atoms with van der Waals surface area (Å²) in [5.74, 6) is 0.620. The summed E-state index contributed by atoms with van der Waals surface area (Å²) in [7, 11) is 2.81. The van der Waals surface area contributed by atoms with Gasteiger partial charge in [0.05, 0.1) is 41.9 Å². The lowest BCUT2D eigenvalue weighted by Crippen LogP contribution is -2.46. The van der Waals surface area contributed by atoms with Gasteiger partial charge in [0.15, 0.2) is 5.75 Å². The van der Waals surface area contributed by atoms with Crippen LogP contribution in [-0.2, 0) is 6.54 Å². The van der Waals surface area contributed by atoms with Crippen molar-refractivity contribution in [3.05, 3.63) is 44.6 Å². The topological polar surface area (TPSA) is 81.1 Å². The van der Waals surface area contributed by atoms with Gasteiger partial charge in [-0.25, -0.2) is 4.79 Å². The van der Waals surface area contributed by atoms with Crippen molar-refractivity contribution in [3.63, 3.8) is 0 Å². The van der Waals surface area contributed by atoms with E-state index in [1.54, 1.807) is 13.0 Å². The second kappa shape index (κ2) is 10.4. The quantitative estimate of drug-likeness (QED) is 0.455. The van der Waals surface area contributed by atoms with Crippen molar-refractivity contribution in [2.75, 3.05) is 20.8 Å². The van der Waals surface area contributed by atoms with Gasteiger partial charge in [-0.15, -0.1) is 0 Å². The Bertz CT molecular complexity index is 943. The first kappa shape index (κ1) is 25.1. The number of methoxy groups -OCH3 is 2. The van der Waals surface area contributed by atoms with Crippen LogP contribution in [0.2, 0.25) is 0 Å². The standard InChI is InChI=1S/C19H19Br2F3N2O5/c1-10-16(21)17(13(20)7-25-10)31-15(19(22,23)24)9-26(18(27)28)8-11-4-5-12(29-2)6-14(11)30-3/h4-7,15H,8-9H2,1-3H3,(H,27,28). The van der Waals surface area contributed by atoms with Gasteiger partial charge in [0.2, 0.25) is 6.10 Å². The highest BCUT2D eigenvalue weighted by Crippen LogP contribution is 2.37. The number of pyridine rings is 1. The number of rotatable bonds is 8. The number of hydrogen-bond acceptors (Lipinski definition) is 5. The largest absolute Gasteiger partial charge is 0.497 e. The molecule has 0 saturated carbocycles. The number of ether oxygens (including phenoxy) is 3. The molecular formula is C19H19Br2F3N2O5. The molecule has 0 bridgehead atoms. The first-order chi connectivity index (χ1) is 14.5.